The highest BCUT2D eigenvalue weighted by Gasteiger charge is 2.21. The van der Waals surface area contributed by atoms with Gasteiger partial charge in [0.05, 0.1) is 0 Å². The number of hydrogen-bond donors (Lipinski definition) is 0. The molecule has 5 rings (SSSR count). The number of carbonyl (C=O) groups is 1. The number of rotatable bonds is 8. The third-order valence-electron chi connectivity index (χ3n) is 8.05. The number of hydrogen-bond acceptors (Lipinski definition) is 3. The number of benzene rings is 3. The van der Waals surface area contributed by atoms with Gasteiger partial charge in [-0.15, -0.1) is 24.8 Å². The Balaban J connectivity index is 0.00000210. The number of ketones is 1. The second-order valence-corrected chi connectivity index (χ2v) is 11.1. The topological polar surface area (TPSA) is 23.6 Å². The van der Waals surface area contributed by atoms with E-state index in [1.165, 1.54) is 28.8 Å². The second-order valence-electron chi connectivity index (χ2n) is 10.7. The van der Waals surface area contributed by atoms with Gasteiger partial charge in [-0.1, -0.05) is 48.0 Å². The number of halogens is 4. The highest BCUT2D eigenvalue weighted by Crippen LogP contribution is 2.25. The average molecular weight is 592 g/mol. The summed E-state index contributed by atoms with van der Waals surface area (Å²) in [5.41, 5.74) is 5.97. The number of fused-ring (bicyclic) bond motifs is 1. The first-order valence-electron chi connectivity index (χ1n) is 13.6. The van der Waals surface area contributed by atoms with Crippen molar-refractivity contribution < 1.29 is 9.18 Å². The molecule has 2 aliphatic rings. The van der Waals surface area contributed by atoms with Crippen LogP contribution in [-0.4, -0.2) is 41.8 Å². The van der Waals surface area contributed by atoms with Crippen molar-refractivity contribution in [1.82, 2.24) is 9.80 Å². The van der Waals surface area contributed by atoms with E-state index >= 15 is 0 Å². The molecule has 3 aromatic rings. The van der Waals surface area contributed by atoms with Gasteiger partial charge >= 0.3 is 0 Å². The van der Waals surface area contributed by atoms with E-state index in [0.717, 1.165) is 87.5 Å². The monoisotopic (exact) mass is 590 g/mol. The predicted molar refractivity (Wildman–Crippen MR) is 163 cm³/mol. The van der Waals surface area contributed by atoms with E-state index in [4.69, 9.17) is 11.6 Å². The van der Waals surface area contributed by atoms with E-state index in [-0.39, 0.29) is 36.4 Å². The van der Waals surface area contributed by atoms with E-state index in [0.29, 0.717) is 12.3 Å². The van der Waals surface area contributed by atoms with Crippen LogP contribution < -0.4 is 0 Å². The zero-order valence-corrected chi connectivity index (χ0v) is 24.7. The van der Waals surface area contributed by atoms with Gasteiger partial charge in [-0.2, -0.15) is 0 Å². The Hall–Kier alpha value is -1.95. The largest absolute Gasteiger partial charge is 0.299 e. The minimum atomic E-state index is -0.191. The molecule has 1 saturated heterocycles. The molecule has 0 bridgehead atoms. The minimum absolute atomic E-state index is 0. The molecule has 0 radical (unpaired) electrons. The number of likely N-dealkylation sites (tertiary alicyclic amines) is 1. The van der Waals surface area contributed by atoms with E-state index < -0.39 is 0 Å². The van der Waals surface area contributed by atoms with Crippen molar-refractivity contribution in [1.29, 1.82) is 0 Å². The molecule has 0 aliphatic carbocycles. The van der Waals surface area contributed by atoms with Gasteiger partial charge in [-0.3, -0.25) is 14.6 Å². The fourth-order valence-electron chi connectivity index (χ4n) is 5.71. The molecule has 0 unspecified atom stereocenters. The summed E-state index contributed by atoms with van der Waals surface area (Å²) in [6.07, 6.45) is 5.88. The lowest BCUT2D eigenvalue weighted by Gasteiger charge is -2.32. The summed E-state index contributed by atoms with van der Waals surface area (Å²) < 4.78 is 13.2. The number of nitrogens with zero attached hydrogens (tertiary/aromatic N) is 2. The van der Waals surface area contributed by atoms with E-state index in [1.54, 1.807) is 0 Å². The molecular formula is C32H38Cl3FN2O. The van der Waals surface area contributed by atoms with Gasteiger partial charge in [0.2, 0.25) is 0 Å². The molecule has 0 spiro atoms. The summed E-state index contributed by atoms with van der Waals surface area (Å²) in [6.45, 7) is 5.92. The number of Topliss-reactive ketones (excluding diaryl/α,β-unsaturated/α-hetero) is 1. The molecular weight excluding hydrogens is 554 g/mol. The van der Waals surface area contributed by atoms with Gasteiger partial charge < -0.3 is 0 Å². The number of carbonyl (C=O) groups excluding carboxylic acids is 1. The SMILES string of the molecule is Cl.Cl.O=C(CCC1CCN(Cc2ccc(Cl)cc2)CC1)c1ccc2c(c1)CCN(Cc1ccc(F)cc1)CC2. The molecule has 7 heteroatoms. The predicted octanol–water partition coefficient (Wildman–Crippen LogP) is 7.80. The smallest absolute Gasteiger partial charge is 0.162 e. The molecule has 0 saturated carbocycles. The van der Waals surface area contributed by atoms with Crippen LogP contribution in [0.15, 0.2) is 66.7 Å². The Kier molecular flexibility index (Phi) is 12.3. The fourth-order valence-corrected chi connectivity index (χ4v) is 5.84. The molecule has 1 fully saturated rings. The maximum Gasteiger partial charge on any atom is 0.162 e. The minimum Gasteiger partial charge on any atom is -0.299 e. The first kappa shape index (κ1) is 31.6. The third kappa shape index (κ3) is 9.03. The average Bonchev–Trinajstić information content (AvgIpc) is 3.12. The zero-order valence-electron chi connectivity index (χ0n) is 22.3. The Morgan fingerprint density at radius 3 is 1.97 bits per heavy atom. The van der Waals surface area contributed by atoms with Crippen LogP contribution in [0.5, 0.6) is 0 Å². The normalized spacial score (nSPS) is 16.5. The Morgan fingerprint density at radius 1 is 0.769 bits per heavy atom. The molecule has 0 N–H and O–H groups in total. The fraction of sp³-hybridized carbons (Fsp3) is 0.406. The molecule has 2 heterocycles. The van der Waals surface area contributed by atoms with Crippen molar-refractivity contribution in [2.45, 2.75) is 51.6 Å². The van der Waals surface area contributed by atoms with Crippen LogP contribution in [0.25, 0.3) is 0 Å². The van der Waals surface area contributed by atoms with Crippen LogP contribution in [0.4, 0.5) is 4.39 Å². The van der Waals surface area contributed by atoms with Gasteiger partial charge in [0.15, 0.2) is 5.78 Å². The summed E-state index contributed by atoms with van der Waals surface area (Å²) in [5, 5.41) is 0.783. The molecule has 0 atom stereocenters. The van der Waals surface area contributed by atoms with E-state index in [1.807, 2.05) is 30.3 Å². The van der Waals surface area contributed by atoms with Crippen molar-refractivity contribution in [3.05, 3.63) is 105 Å². The maximum atomic E-state index is 13.2. The van der Waals surface area contributed by atoms with Gasteiger partial charge in [-0.25, -0.2) is 4.39 Å². The second kappa shape index (κ2) is 15.2. The summed E-state index contributed by atoms with van der Waals surface area (Å²) in [5.74, 6) is 0.717. The van der Waals surface area contributed by atoms with Crippen LogP contribution >= 0.6 is 36.4 Å². The third-order valence-corrected chi connectivity index (χ3v) is 8.30. The summed E-state index contributed by atoms with van der Waals surface area (Å²) in [7, 11) is 0. The van der Waals surface area contributed by atoms with Crippen LogP contribution in [0, 0.1) is 11.7 Å². The molecule has 3 nitrogen and oxygen atoms in total. The van der Waals surface area contributed by atoms with Gasteiger partial charge in [0.1, 0.15) is 5.82 Å². The molecule has 2 aliphatic heterocycles. The van der Waals surface area contributed by atoms with Crippen LogP contribution in [0.1, 0.15) is 58.3 Å². The van der Waals surface area contributed by atoms with Crippen LogP contribution in [0.3, 0.4) is 0 Å². The lowest BCUT2D eigenvalue weighted by molar-refractivity contribution is 0.0961. The van der Waals surface area contributed by atoms with Gasteiger partial charge in [0.25, 0.3) is 0 Å². The molecule has 3 aromatic carbocycles. The summed E-state index contributed by atoms with van der Waals surface area (Å²) in [4.78, 5) is 18.0. The van der Waals surface area contributed by atoms with Crippen LogP contribution in [-0.2, 0) is 25.9 Å². The quantitative estimate of drug-likeness (QED) is 0.250. The van der Waals surface area contributed by atoms with Gasteiger partial charge in [-0.05, 0) is 104 Å². The lowest BCUT2D eigenvalue weighted by Crippen LogP contribution is -2.33. The van der Waals surface area contributed by atoms with Crippen molar-refractivity contribution in [2.75, 3.05) is 26.2 Å². The molecule has 210 valence electrons. The highest BCUT2D eigenvalue weighted by atomic mass is 35.5. The van der Waals surface area contributed by atoms with Crippen molar-refractivity contribution in [3.63, 3.8) is 0 Å². The molecule has 0 amide bonds. The summed E-state index contributed by atoms with van der Waals surface area (Å²) >= 11 is 6.00. The maximum absolute atomic E-state index is 13.2. The highest BCUT2D eigenvalue weighted by molar-refractivity contribution is 6.30. The standard InChI is InChI=1S/C32H36ClFN2O.2ClH/c33-30-8-1-25(2-9-30)22-35-17-13-24(14-18-35)5-12-32(37)29-7-6-27-15-19-36(20-16-28(27)21-29)23-26-3-10-31(34)11-4-26;;/h1-4,6-11,21,24H,5,12-20,22-23H2;2*1H. The van der Waals surface area contributed by atoms with E-state index in [9.17, 15) is 9.18 Å². The lowest BCUT2D eigenvalue weighted by atomic mass is 9.89. The molecule has 0 aromatic heterocycles. The first-order valence-corrected chi connectivity index (χ1v) is 14.0. The van der Waals surface area contributed by atoms with E-state index in [2.05, 4.69) is 34.1 Å². The summed E-state index contributed by atoms with van der Waals surface area (Å²) in [6, 6.07) is 21.3. The zero-order chi connectivity index (χ0) is 25.6. The van der Waals surface area contributed by atoms with Gasteiger partial charge in [0, 0.05) is 43.2 Å². The molecule has 39 heavy (non-hydrogen) atoms. The Labute approximate surface area is 249 Å². The number of piperidine rings is 1. The Morgan fingerprint density at radius 2 is 1.33 bits per heavy atom. The van der Waals surface area contributed by atoms with Crippen LogP contribution in [0.2, 0.25) is 5.02 Å². The van der Waals surface area contributed by atoms with Crippen molar-refractivity contribution in [2.24, 2.45) is 5.92 Å². The van der Waals surface area contributed by atoms with Crippen molar-refractivity contribution in [3.8, 4) is 0 Å². The first-order chi connectivity index (χ1) is 18.0. The Bertz CT molecular complexity index is 1200. The van der Waals surface area contributed by atoms with Crippen molar-refractivity contribution >= 4 is 42.2 Å².